The fourth-order valence-corrected chi connectivity index (χ4v) is 4.39. The van der Waals surface area contributed by atoms with Gasteiger partial charge in [0.2, 0.25) is 0 Å². The number of hydrogen-bond donors (Lipinski definition) is 1. The van der Waals surface area contributed by atoms with E-state index < -0.39 is 0 Å². The minimum Gasteiger partial charge on any atom is -0.308 e. The predicted octanol–water partition coefficient (Wildman–Crippen LogP) is 3.91. The Balaban J connectivity index is 1.78. The summed E-state index contributed by atoms with van der Waals surface area (Å²) >= 11 is 5.93. The molecule has 3 heteroatoms. The second-order valence-corrected chi connectivity index (χ2v) is 7.86. The lowest BCUT2D eigenvalue weighted by Crippen LogP contribution is -2.70. The molecule has 2 saturated carbocycles. The molecule has 0 aromatic carbocycles. The summed E-state index contributed by atoms with van der Waals surface area (Å²) in [6.07, 6.45) is 9.74. The molecule has 1 N–H and O–H groups in total. The molecule has 1 heterocycles. The van der Waals surface area contributed by atoms with Gasteiger partial charge in [0.1, 0.15) is 0 Å². The van der Waals surface area contributed by atoms with Crippen LogP contribution in [0.2, 0.25) is 0 Å². The number of piperazine rings is 1. The van der Waals surface area contributed by atoms with Crippen LogP contribution in [0.15, 0.2) is 11.1 Å². The van der Waals surface area contributed by atoms with Crippen LogP contribution in [0.25, 0.3) is 0 Å². The standard InChI is InChI=1S/C17H29ClN2/c1-14(10-18)11-20-13-17(8-4-3-5-9-17)19-12-16(20,2)15-6-7-15/h10,15,19H,3-9,11-13H2,1-2H3. The van der Waals surface area contributed by atoms with E-state index in [4.69, 9.17) is 11.6 Å². The van der Waals surface area contributed by atoms with Crippen molar-refractivity contribution in [3.63, 3.8) is 0 Å². The minimum absolute atomic E-state index is 0.337. The van der Waals surface area contributed by atoms with E-state index in [0.29, 0.717) is 11.1 Å². The zero-order valence-corrected chi connectivity index (χ0v) is 13.8. The molecule has 0 aromatic heterocycles. The number of hydrogen-bond acceptors (Lipinski definition) is 2. The molecule has 0 amide bonds. The fraction of sp³-hybridized carbons (Fsp3) is 0.882. The first-order valence-corrected chi connectivity index (χ1v) is 8.78. The summed E-state index contributed by atoms with van der Waals surface area (Å²) in [7, 11) is 0. The lowest BCUT2D eigenvalue weighted by molar-refractivity contribution is -0.00523. The van der Waals surface area contributed by atoms with Gasteiger partial charge < -0.3 is 5.32 Å². The fourth-order valence-electron chi connectivity index (χ4n) is 4.32. The minimum atomic E-state index is 0.337. The van der Waals surface area contributed by atoms with Gasteiger partial charge in [-0.2, -0.15) is 0 Å². The van der Waals surface area contributed by atoms with Crippen molar-refractivity contribution in [2.75, 3.05) is 19.6 Å². The van der Waals surface area contributed by atoms with Gasteiger partial charge in [-0.15, -0.1) is 0 Å². The zero-order chi connectivity index (χ0) is 14.2. The Morgan fingerprint density at radius 3 is 2.60 bits per heavy atom. The molecule has 1 saturated heterocycles. The van der Waals surface area contributed by atoms with Crippen LogP contribution < -0.4 is 5.32 Å². The Morgan fingerprint density at radius 2 is 2.00 bits per heavy atom. The van der Waals surface area contributed by atoms with Gasteiger partial charge in [0.25, 0.3) is 0 Å². The number of nitrogens with one attached hydrogen (secondary N) is 1. The molecule has 2 nitrogen and oxygen atoms in total. The lowest BCUT2D eigenvalue weighted by atomic mass is 9.76. The zero-order valence-electron chi connectivity index (χ0n) is 13.1. The average Bonchev–Trinajstić information content (AvgIpc) is 3.29. The highest BCUT2D eigenvalue weighted by Gasteiger charge is 2.51. The number of rotatable bonds is 3. The van der Waals surface area contributed by atoms with Gasteiger partial charge in [-0.05, 0) is 51.0 Å². The highest BCUT2D eigenvalue weighted by Crippen LogP contribution is 2.46. The summed E-state index contributed by atoms with van der Waals surface area (Å²) < 4.78 is 0. The largest absolute Gasteiger partial charge is 0.308 e. The Kier molecular flexibility index (Phi) is 4.18. The Bertz CT molecular complexity index is 382. The third-order valence-corrected chi connectivity index (χ3v) is 6.30. The molecule has 114 valence electrons. The first-order valence-electron chi connectivity index (χ1n) is 8.34. The van der Waals surface area contributed by atoms with E-state index in [2.05, 4.69) is 24.1 Å². The lowest BCUT2D eigenvalue weighted by Gasteiger charge is -2.55. The third-order valence-electron chi connectivity index (χ3n) is 5.93. The van der Waals surface area contributed by atoms with Crippen molar-refractivity contribution < 1.29 is 0 Å². The van der Waals surface area contributed by atoms with E-state index in [1.54, 1.807) is 5.54 Å². The molecule has 20 heavy (non-hydrogen) atoms. The van der Waals surface area contributed by atoms with Crippen molar-refractivity contribution in [1.29, 1.82) is 0 Å². The maximum Gasteiger partial charge on any atom is 0.0338 e. The van der Waals surface area contributed by atoms with Crippen LogP contribution in [0.1, 0.15) is 58.8 Å². The molecule has 1 atom stereocenters. The molecule has 0 aromatic rings. The second kappa shape index (κ2) is 5.62. The molecule has 0 bridgehead atoms. The van der Waals surface area contributed by atoms with Crippen LogP contribution in [-0.4, -0.2) is 35.6 Å². The topological polar surface area (TPSA) is 15.3 Å². The molecular formula is C17H29ClN2. The molecule has 0 radical (unpaired) electrons. The van der Waals surface area contributed by atoms with E-state index in [0.717, 1.165) is 19.0 Å². The Morgan fingerprint density at radius 1 is 1.30 bits per heavy atom. The predicted molar refractivity (Wildman–Crippen MR) is 86.1 cm³/mol. The molecular weight excluding hydrogens is 268 g/mol. The van der Waals surface area contributed by atoms with Crippen LogP contribution in [0.4, 0.5) is 0 Å². The van der Waals surface area contributed by atoms with Gasteiger partial charge in [0, 0.05) is 36.2 Å². The van der Waals surface area contributed by atoms with Crippen LogP contribution in [0.5, 0.6) is 0 Å². The summed E-state index contributed by atoms with van der Waals surface area (Å²) in [5.41, 5.74) is 3.79. The highest BCUT2D eigenvalue weighted by molar-refractivity contribution is 6.25. The SMILES string of the molecule is CC(=CCl)CN1CC2(CCCCC2)NCC1(C)C1CC1. The molecule has 1 aliphatic heterocycles. The van der Waals surface area contributed by atoms with Crippen LogP contribution in [-0.2, 0) is 0 Å². The first kappa shape index (κ1) is 14.9. The smallest absolute Gasteiger partial charge is 0.0338 e. The van der Waals surface area contributed by atoms with E-state index in [1.165, 1.54) is 57.1 Å². The molecule has 3 fully saturated rings. The van der Waals surface area contributed by atoms with Crippen LogP contribution in [0.3, 0.4) is 0 Å². The second-order valence-electron chi connectivity index (χ2n) is 7.64. The summed E-state index contributed by atoms with van der Waals surface area (Å²) in [5.74, 6) is 0.888. The van der Waals surface area contributed by atoms with E-state index in [-0.39, 0.29) is 0 Å². The van der Waals surface area contributed by atoms with Gasteiger partial charge in [0.05, 0.1) is 0 Å². The van der Waals surface area contributed by atoms with Crippen molar-refractivity contribution in [3.05, 3.63) is 11.1 Å². The van der Waals surface area contributed by atoms with E-state index in [1.807, 2.05) is 0 Å². The van der Waals surface area contributed by atoms with Crippen LogP contribution >= 0.6 is 11.6 Å². The average molecular weight is 297 g/mol. The van der Waals surface area contributed by atoms with Gasteiger partial charge >= 0.3 is 0 Å². The maximum absolute atomic E-state index is 5.93. The van der Waals surface area contributed by atoms with Gasteiger partial charge in [0.15, 0.2) is 0 Å². The number of halogens is 1. The van der Waals surface area contributed by atoms with Crippen molar-refractivity contribution in [3.8, 4) is 0 Å². The van der Waals surface area contributed by atoms with Crippen molar-refractivity contribution >= 4 is 11.6 Å². The van der Waals surface area contributed by atoms with Crippen molar-refractivity contribution in [1.82, 2.24) is 10.2 Å². The van der Waals surface area contributed by atoms with Crippen molar-refractivity contribution in [2.24, 2.45) is 5.92 Å². The normalized spacial score (nSPS) is 35.5. The Labute approximate surface area is 128 Å². The monoisotopic (exact) mass is 296 g/mol. The molecule has 2 aliphatic carbocycles. The van der Waals surface area contributed by atoms with Crippen LogP contribution in [0, 0.1) is 5.92 Å². The summed E-state index contributed by atoms with van der Waals surface area (Å²) in [4.78, 5) is 2.75. The maximum atomic E-state index is 5.93. The summed E-state index contributed by atoms with van der Waals surface area (Å²) in [6.45, 7) is 8.04. The quantitative estimate of drug-likeness (QED) is 0.849. The molecule has 3 aliphatic rings. The van der Waals surface area contributed by atoms with Gasteiger partial charge in [-0.3, -0.25) is 4.90 Å². The molecule has 1 unspecified atom stereocenters. The van der Waals surface area contributed by atoms with E-state index >= 15 is 0 Å². The summed E-state index contributed by atoms with van der Waals surface area (Å²) in [5, 5.41) is 3.97. The van der Waals surface area contributed by atoms with Gasteiger partial charge in [-0.1, -0.05) is 30.9 Å². The third kappa shape index (κ3) is 2.80. The van der Waals surface area contributed by atoms with E-state index in [9.17, 15) is 0 Å². The first-order chi connectivity index (χ1) is 9.58. The number of nitrogens with zero attached hydrogens (tertiary/aromatic N) is 1. The molecule has 3 rings (SSSR count). The Hall–Kier alpha value is -0.0500. The highest BCUT2D eigenvalue weighted by atomic mass is 35.5. The van der Waals surface area contributed by atoms with Crippen molar-refractivity contribution in [2.45, 2.75) is 69.9 Å². The molecule has 1 spiro atoms. The van der Waals surface area contributed by atoms with Gasteiger partial charge in [-0.25, -0.2) is 0 Å². The summed E-state index contributed by atoms with van der Waals surface area (Å²) in [6, 6.07) is 0.